The molecule has 2 spiro atoms. The summed E-state index contributed by atoms with van der Waals surface area (Å²) in [5, 5.41) is 23.9. The topological polar surface area (TPSA) is 60.8 Å². The zero-order valence-electron chi connectivity index (χ0n) is 27.8. The fourth-order valence-corrected chi connectivity index (χ4v) is 12.2. The van der Waals surface area contributed by atoms with Crippen molar-refractivity contribution < 1.29 is 15.0 Å². The van der Waals surface area contributed by atoms with Gasteiger partial charge in [-0.25, -0.2) is 0 Å². The number of nitrogens with zero attached hydrogens (tertiary/aromatic N) is 1. The Morgan fingerprint density at radius 3 is 2.19 bits per heavy atom. The van der Waals surface area contributed by atoms with Crippen LogP contribution in [0, 0.1) is 33.5 Å². The molecule has 0 amide bonds. The molecule has 1 heterocycles. The molecule has 7 aliphatic rings. The monoisotopic (exact) mass is 625 g/mol. The molecule has 8 unspecified atom stereocenters. The number of allylic oxidation sites excluding steroid dienone is 4. The van der Waals surface area contributed by atoms with Crippen molar-refractivity contribution in [2.24, 2.45) is 33.5 Å². The average Bonchev–Trinajstić information content (AvgIpc) is 3.61. The second-order valence-electron chi connectivity index (χ2n) is 16.5. The zero-order valence-corrected chi connectivity index (χ0v) is 27.8. The Morgan fingerprint density at radius 1 is 0.787 bits per heavy atom. The predicted molar refractivity (Wildman–Crippen MR) is 185 cm³/mol. The van der Waals surface area contributed by atoms with E-state index in [9.17, 15) is 10.2 Å². The molecule has 3 aromatic rings. The molecule has 242 valence electrons. The van der Waals surface area contributed by atoms with E-state index in [0.717, 1.165) is 73.9 Å². The number of hydrogen-bond acceptors (Lipinski definition) is 4. The molecule has 4 nitrogen and oxygen atoms in total. The van der Waals surface area contributed by atoms with Gasteiger partial charge in [-0.2, -0.15) is 0 Å². The molecule has 3 fully saturated rings. The summed E-state index contributed by atoms with van der Waals surface area (Å²) in [5.74, 6) is 0.563. The molecule has 0 saturated heterocycles. The second-order valence-corrected chi connectivity index (χ2v) is 16.5. The first kappa shape index (κ1) is 29.8. The number of aliphatic hydroxyl groups is 2. The summed E-state index contributed by atoms with van der Waals surface area (Å²) < 4.78 is 0. The highest BCUT2D eigenvalue weighted by atomic mass is 16.3. The SMILES string of the molecule is CC12CCC(O)CC13C=CC1(C(C(=O)c4ccccc4-c4ccccc4)=C3)C2CCC2(C)C1CCC2(O)CN1Cc2ccccc2C1. The summed E-state index contributed by atoms with van der Waals surface area (Å²) in [6, 6.07) is 27.1. The van der Waals surface area contributed by atoms with Crippen LogP contribution in [0.2, 0.25) is 0 Å². The van der Waals surface area contributed by atoms with Crippen LogP contribution in [0.3, 0.4) is 0 Å². The van der Waals surface area contributed by atoms with Gasteiger partial charge in [0.1, 0.15) is 0 Å². The molecule has 0 aromatic heterocycles. The van der Waals surface area contributed by atoms with Gasteiger partial charge in [-0.05, 0) is 84.5 Å². The van der Waals surface area contributed by atoms with Gasteiger partial charge in [-0.1, -0.05) is 111 Å². The number of β-amino-alcohol motifs (C(OH)–C–C–N with tert-alkyl or cyclic N) is 1. The van der Waals surface area contributed by atoms with Gasteiger partial charge in [-0.15, -0.1) is 0 Å². The number of Topliss-reactive ketones (excluding diaryl/α,β-unsaturated/α-hetero) is 1. The van der Waals surface area contributed by atoms with Gasteiger partial charge < -0.3 is 10.2 Å². The lowest BCUT2D eigenvalue weighted by Gasteiger charge is -2.71. The largest absolute Gasteiger partial charge is 0.393 e. The number of rotatable bonds is 5. The van der Waals surface area contributed by atoms with Crippen molar-refractivity contribution in [1.29, 1.82) is 0 Å². The van der Waals surface area contributed by atoms with Crippen LogP contribution in [-0.4, -0.2) is 39.1 Å². The van der Waals surface area contributed by atoms with E-state index in [2.05, 4.69) is 79.4 Å². The van der Waals surface area contributed by atoms with Gasteiger partial charge in [0.2, 0.25) is 0 Å². The smallest absolute Gasteiger partial charge is 0.190 e. The van der Waals surface area contributed by atoms with E-state index in [1.807, 2.05) is 36.4 Å². The van der Waals surface area contributed by atoms with E-state index in [1.165, 1.54) is 11.1 Å². The fourth-order valence-electron chi connectivity index (χ4n) is 12.2. The van der Waals surface area contributed by atoms with Crippen LogP contribution >= 0.6 is 0 Å². The predicted octanol–water partition coefficient (Wildman–Crippen LogP) is 8.14. The highest BCUT2D eigenvalue weighted by Gasteiger charge is 2.74. The molecule has 8 atom stereocenters. The van der Waals surface area contributed by atoms with Crippen LogP contribution in [0.15, 0.2) is 103 Å². The van der Waals surface area contributed by atoms with Crippen LogP contribution in [0.4, 0.5) is 0 Å². The normalized spacial score (nSPS) is 39.9. The fraction of sp³-hybridized carbons (Fsp3) is 0.465. The van der Waals surface area contributed by atoms with Gasteiger partial charge in [-0.3, -0.25) is 9.69 Å². The summed E-state index contributed by atoms with van der Waals surface area (Å²) in [4.78, 5) is 17.8. The average molecular weight is 626 g/mol. The molecule has 10 rings (SSSR count). The summed E-state index contributed by atoms with van der Waals surface area (Å²) in [7, 11) is 0. The van der Waals surface area contributed by atoms with Gasteiger partial charge in [0.05, 0.1) is 11.7 Å². The third-order valence-corrected chi connectivity index (χ3v) is 14.6. The molecular weight excluding hydrogens is 578 g/mol. The first-order valence-electron chi connectivity index (χ1n) is 18.0. The Morgan fingerprint density at radius 2 is 1.43 bits per heavy atom. The van der Waals surface area contributed by atoms with E-state index < -0.39 is 11.0 Å². The van der Waals surface area contributed by atoms with E-state index in [1.54, 1.807) is 0 Å². The van der Waals surface area contributed by atoms with Gasteiger partial charge in [0, 0.05) is 47.0 Å². The highest BCUT2D eigenvalue weighted by molar-refractivity contribution is 6.14. The summed E-state index contributed by atoms with van der Waals surface area (Å²) in [6.45, 7) is 7.25. The number of aliphatic hydroxyl groups excluding tert-OH is 1. The minimum atomic E-state index is -0.834. The summed E-state index contributed by atoms with van der Waals surface area (Å²) >= 11 is 0. The molecular formula is C43H47NO3. The number of ketones is 1. The Kier molecular flexibility index (Phi) is 6.41. The van der Waals surface area contributed by atoms with Crippen molar-refractivity contribution in [3.05, 3.63) is 119 Å². The van der Waals surface area contributed by atoms with Crippen LogP contribution in [-0.2, 0) is 13.1 Å². The molecule has 1 aliphatic heterocycles. The Hall–Kier alpha value is -3.31. The number of fused-ring (bicyclic) bond motifs is 2. The maximum atomic E-state index is 15.3. The lowest BCUT2D eigenvalue weighted by molar-refractivity contribution is -0.176. The first-order valence-corrected chi connectivity index (χ1v) is 18.0. The maximum absolute atomic E-state index is 15.3. The van der Waals surface area contributed by atoms with E-state index >= 15 is 4.79 Å². The van der Waals surface area contributed by atoms with E-state index in [0.29, 0.717) is 13.0 Å². The zero-order chi connectivity index (χ0) is 32.2. The second kappa shape index (κ2) is 10.1. The van der Waals surface area contributed by atoms with Crippen molar-refractivity contribution in [3.8, 4) is 11.1 Å². The Labute approximate surface area is 279 Å². The van der Waals surface area contributed by atoms with Gasteiger partial charge in [0.15, 0.2) is 5.78 Å². The molecule has 2 bridgehead atoms. The van der Waals surface area contributed by atoms with Crippen LogP contribution in [0.1, 0.15) is 80.3 Å². The van der Waals surface area contributed by atoms with Gasteiger partial charge in [0.25, 0.3) is 0 Å². The minimum Gasteiger partial charge on any atom is -0.393 e. The van der Waals surface area contributed by atoms with Crippen molar-refractivity contribution >= 4 is 5.78 Å². The van der Waals surface area contributed by atoms with Crippen molar-refractivity contribution in [3.63, 3.8) is 0 Å². The van der Waals surface area contributed by atoms with Crippen LogP contribution in [0.5, 0.6) is 0 Å². The maximum Gasteiger partial charge on any atom is 0.190 e. The minimum absolute atomic E-state index is 0.0393. The van der Waals surface area contributed by atoms with Gasteiger partial charge >= 0.3 is 0 Å². The third-order valence-electron chi connectivity index (χ3n) is 14.6. The number of carbonyl (C=O) groups excluding carboxylic acids is 1. The molecule has 0 radical (unpaired) electrons. The summed E-state index contributed by atoms with van der Waals surface area (Å²) in [6.07, 6.45) is 12.9. The quantitative estimate of drug-likeness (QED) is 0.222. The summed E-state index contributed by atoms with van der Waals surface area (Å²) in [5.41, 5.74) is 4.45. The molecule has 3 saturated carbocycles. The molecule has 6 aliphatic carbocycles. The molecule has 3 aromatic carbocycles. The lowest BCUT2D eigenvalue weighted by atomic mass is 9.32. The van der Waals surface area contributed by atoms with Crippen molar-refractivity contribution in [1.82, 2.24) is 4.90 Å². The molecule has 47 heavy (non-hydrogen) atoms. The number of carbonyl (C=O) groups is 1. The van der Waals surface area contributed by atoms with Crippen LogP contribution < -0.4 is 0 Å². The van der Waals surface area contributed by atoms with Crippen molar-refractivity contribution in [2.45, 2.75) is 83.6 Å². The standard InChI is InChI=1S/C43H47NO3/c1-39-19-16-32(45)24-41(39)22-23-43(35(25-41)38(46)34-15-9-8-14-33(34)29-10-4-3-5-11-29)36(39)17-20-40(2)37(43)18-21-42(40,47)28-44-26-30-12-6-7-13-31(30)27-44/h3-15,22-23,25,32,36-37,45,47H,16-21,24,26-28H2,1-2H3. The highest BCUT2D eigenvalue weighted by Crippen LogP contribution is 2.78. The first-order chi connectivity index (χ1) is 22.6. The van der Waals surface area contributed by atoms with Crippen molar-refractivity contribution in [2.75, 3.05) is 6.54 Å². The van der Waals surface area contributed by atoms with E-state index in [4.69, 9.17) is 0 Å². The Balaban J connectivity index is 1.16. The van der Waals surface area contributed by atoms with Crippen LogP contribution in [0.25, 0.3) is 11.1 Å². The number of benzene rings is 3. The lowest BCUT2D eigenvalue weighted by Crippen LogP contribution is -2.67. The molecule has 4 heteroatoms. The number of hydrogen-bond donors (Lipinski definition) is 2. The van der Waals surface area contributed by atoms with E-state index in [-0.39, 0.29) is 40.0 Å². The Bertz CT molecular complexity index is 1800. The molecule has 2 N–H and O–H groups in total. The third kappa shape index (κ3) is 3.90.